The Kier molecular flexibility index (Phi) is 7.37. The molecule has 31 heavy (non-hydrogen) atoms. The molecule has 2 amide bonds. The maximum absolute atomic E-state index is 12.2. The van der Waals surface area contributed by atoms with Gasteiger partial charge in [0.2, 0.25) is 0 Å². The van der Waals surface area contributed by atoms with E-state index in [1.165, 1.54) is 7.11 Å². The lowest BCUT2D eigenvalue weighted by atomic mass is 10.1. The van der Waals surface area contributed by atoms with Crippen LogP contribution in [0, 0.1) is 0 Å². The molecule has 7 nitrogen and oxygen atoms in total. The zero-order valence-electron chi connectivity index (χ0n) is 17.0. The van der Waals surface area contributed by atoms with Crippen LogP contribution in [-0.4, -0.2) is 31.4 Å². The first-order valence-electron chi connectivity index (χ1n) is 9.58. The Balaban J connectivity index is 1.43. The number of para-hydroxylation sites is 1. The van der Waals surface area contributed by atoms with Crippen molar-refractivity contribution in [2.24, 2.45) is 0 Å². The third-order valence-corrected chi connectivity index (χ3v) is 4.39. The molecule has 0 bridgehead atoms. The number of benzene rings is 3. The number of amides is 2. The molecule has 0 aliphatic heterocycles. The number of rotatable bonds is 8. The SMILES string of the molecule is COc1ccc(C(=O)NCC(=O)OCc2ccc(C(=O)Nc3ccccc3)cc2)cc1. The Morgan fingerprint density at radius 1 is 0.774 bits per heavy atom. The first-order chi connectivity index (χ1) is 15.0. The Morgan fingerprint density at radius 3 is 2.03 bits per heavy atom. The maximum Gasteiger partial charge on any atom is 0.325 e. The van der Waals surface area contributed by atoms with Crippen LogP contribution in [0.5, 0.6) is 5.75 Å². The van der Waals surface area contributed by atoms with Crippen LogP contribution >= 0.6 is 0 Å². The van der Waals surface area contributed by atoms with Gasteiger partial charge in [-0.25, -0.2) is 0 Å². The summed E-state index contributed by atoms with van der Waals surface area (Å²) in [5.74, 6) is -0.531. The lowest BCUT2D eigenvalue weighted by Crippen LogP contribution is -2.30. The van der Waals surface area contributed by atoms with Crippen LogP contribution in [0.3, 0.4) is 0 Å². The molecule has 0 unspecified atom stereocenters. The number of methoxy groups -OCH3 is 1. The third kappa shape index (κ3) is 6.43. The minimum Gasteiger partial charge on any atom is -0.497 e. The molecule has 0 aromatic heterocycles. The van der Waals surface area contributed by atoms with E-state index in [-0.39, 0.29) is 25.0 Å². The number of carbonyl (C=O) groups is 3. The molecule has 0 atom stereocenters. The molecular weight excluding hydrogens is 396 g/mol. The van der Waals surface area contributed by atoms with Crippen LogP contribution in [0.25, 0.3) is 0 Å². The number of ether oxygens (including phenoxy) is 2. The monoisotopic (exact) mass is 418 g/mol. The zero-order valence-corrected chi connectivity index (χ0v) is 17.0. The van der Waals surface area contributed by atoms with Crippen molar-refractivity contribution in [2.45, 2.75) is 6.61 Å². The molecule has 7 heteroatoms. The Hall–Kier alpha value is -4.13. The largest absolute Gasteiger partial charge is 0.497 e. The van der Waals surface area contributed by atoms with E-state index in [1.807, 2.05) is 18.2 Å². The number of carbonyl (C=O) groups excluding carboxylic acids is 3. The molecule has 3 aromatic carbocycles. The predicted molar refractivity (Wildman–Crippen MR) is 116 cm³/mol. The highest BCUT2D eigenvalue weighted by Gasteiger charge is 2.10. The van der Waals surface area contributed by atoms with Crippen molar-refractivity contribution in [2.75, 3.05) is 19.0 Å². The molecule has 3 aromatic rings. The van der Waals surface area contributed by atoms with Crippen molar-refractivity contribution >= 4 is 23.5 Å². The Labute approximate surface area is 180 Å². The summed E-state index contributed by atoms with van der Waals surface area (Å²) in [6.07, 6.45) is 0. The van der Waals surface area contributed by atoms with Crippen LogP contribution in [-0.2, 0) is 16.1 Å². The van der Waals surface area contributed by atoms with Crippen LogP contribution in [0.2, 0.25) is 0 Å². The standard InChI is InChI=1S/C24H22N2O5/c1-30-21-13-11-18(12-14-21)23(28)25-15-22(27)31-16-17-7-9-19(10-8-17)24(29)26-20-5-3-2-4-6-20/h2-14H,15-16H2,1H3,(H,25,28)(H,26,29). The van der Waals surface area contributed by atoms with E-state index in [2.05, 4.69) is 10.6 Å². The lowest BCUT2D eigenvalue weighted by molar-refractivity contribution is -0.143. The van der Waals surface area contributed by atoms with Gasteiger partial charge in [0.1, 0.15) is 18.9 Å². The molecule has 0 saturated carbocycles. The highest BCUT2D eigenvalue weighted by molar-refractivity contribution is 6.04. The van der Waals surface area contributed by atoms with Gasteiger partial charge in [0, 0.05) is 16.8 Å². The second-order valence-electron chi connectivity index (χ2n) is 6.59. The van der Waals surface area contributed by atoms with Crippen LogP contribution in [0.4, 0.5) is 5.69 Å². The van der Waals surface area contributed by atoms with Gasteiger partial charge in [-0.05, 0) is 54.1 Å². The van der Waals surface area contributed by atoms with Crippen molar-refractivity contribution in [1.29, 1.82) is 0 Å². The highest BCUT2D eigenvalue weighted by Crippen LogP contribution is 2.12. The fourth-order valence-electron chi connectivity index (χ4n) is 2.69. The number of hydrogen-bond acceptors (Lipinski definition) is 5. The summed E-state index contributed by atoms with van der Waals surface area (Å²) >= 11 is 0. The van der Waals surface area contributed by atoms with E-state index in [0.717, 1.165) is 5.56 Å². The Morgan fingerprint density at radius 2 is 1.39 bits per heavy atom. The second-order valence-corrected chi connectivity index (χ2v) is 6.59. The average molecular weight is 418 g/mol. The molecule has 0 radical (unpaired) electrons. The third-order valence-electron chi connectivity index (χ3n) is 4.39. The van der Waals surface area contributed by atoms with Crippen molar-refractivity contribution in [3.63, 3.8) is 0 Å². The van der Waals surface area contributed by atoms with E-state index in [1.54, 1.807) is 60.7 Å². The lowest BCUT2D eigenvalue weighted by Gasteiger charge is -2.08. The predicted octanol–water partition coefficient (Wildman–Crippen LogP) is 3.42. The number of hydrogen-bond donors (Lipinski definition) is 2. The summed E-state index contributed by atoms with van der Waals surface area (Å²) in [6.45, 7) is -0.208. The van der Waals surface area contributed by atoms with Crippen LogP contribution in [0.15, 0.2) is 78.9 Å². The first kappa shape index (κ1) is 21.6. The van der Waals surface area contributed by atoms with Crippen molar-refractivity contribution in [3.05, 3.63) is 95.6 Å². The van der Waals surface area contributed by atoms with E-state index in [4.69, 9.17) is 9.47 Å². The minimum atomic E-state index is -0.562. The van der Waals surface area contributed by atoms with Gasteiger partial charge in [-0.2, -0.15) is 0 Å². The maximum atomic E-state index is 12.2. The summed E-state index contributed by atoms with van der Waals surface area (Å²) in [4.78, 5) is 36.2. The van der Waals surface area contributed by atoms with Crippen LogP contribution in [0.1, 0.15) is 26.3 Å². The van der Waals surface area contributed by atoms with Gasteiger partial charge in [0.15, 0.2) is 0 Å². The summed E-state index contributed by atoms with van der Waals surface area (Å²) in [6, 6.07) is 22.4. The van der Waals surface area contributed by atoms with Crippen molar-refractivity contribution in [1.82, 2.24) is 5.32 Å². The molecule has 0 fully saturated rings. The Bertz CT molecular complexity index is 1030. The summed E-state index contributed by atoms with van der Waals surface area (Å²) in [5.41, 5.74) is 2.34. The molecule has 2 N–H and O–H groups in total. The number of esters is 1. The topological polar surface area (TPSA) is 93.7 Å². The second kappa shape index (κ2) is 10.6. The molecule has 0 spiro atoms. The van der Waals surface area contributed by atoms with E-state index < -0.39 is 5.97 Å². The van der Waals surface area contributed by atoms with Gasteiger partial charge < -0.3 is 20.1 Å². The van der Waals surface area contributed by atoms with Crippen molar-refractivity contribution in [3.8, 4) is 5.75 Å². The minimum absolute atomic E-state index is 0.0395. The molecule has 0 heterocycles. The van der Waals surface area contributed by atoms with Gasteiger partial charge in [-0.1, -0.05) is 30.3 Å². The van der Waals surface area contributed by atoms with Crippen LogP contribution < -0.4 is 15.4 Å². The summed E-state index contributed by atoms with van der Waals surface area (Å²) in [7, 11) is 1.54. The van der Waals surface area contributed by atoms with Crippen molar-refractivity contribution < 1.29 is 23.9 Å². The molecule has 0 aliphatic carbocycles. The summed E-state index contributed by atoms with van der Waals surface area (Å²) in [5, 5.41) is 5.32. The zero-order chi connectivity index (χ0) is 22.1. The molecule has 3 rings (SSSR count). The van der Waals surface area contributed by atoms with Gasteiger partial charge in [-0.3, -0.25) is 14.4 Å². The van der Waals surface area contributed by atoms with Gasteiger partial charge >= 0.3 is 5.97 Å². The smallest absolute Gasteiger partial charge is 0.325 e. The number of nitrogens with one attached hydrogen (secondary N) is 2. The van der Waals surface area contributed by atoms with Gasteiger partial charge in [0.05, 0.1) is 7.11 Å². The molecular formula is C24H22N2O5. The fraction of sp³-hybridized carbons (Fsp3) is 0.125. The van der Waals surface area contributed by atoms with Gasteiger partial charge in [-0.15, -0.1) is 0 Å². The van der Waals surface area contributed by atoms with Gasteiger partial charge in [0.25, 0.3) is 11.8 Å². The average Bonchev–Trinajstić information content (AvgIpc) is 2.82. The first-order valence-corrected chi connectivity index (χ1v) is 9.58. The molecule has 0 saturated heterocycles. The van der Waals surface area contributed by atoms with E-state index >= 15 is 0 Å². The molecule has 158 valence electrons. The normalized spacial score (nSPS) is 10.1. The van der Waals surface area contributed by atoms with E-state index in [9.17, 15) is 14.4 Å². The molecule has 0 aliphatic rings. The highest BCUT2D eigenvalue weighted by atomic mass is 16.5. The summed E-state index contributed by atoms with van der Waals surface area (Å²) < 4.78 is 10.2. The quantitative estimate of drug-likeness (QED) is 0.547. The van der Waals surface area contributed by atoms with E-state index in [0.29, 0.717) is 22.6 Å². The fourth-order valence-corrected chi connectivity index (χ4v) is 2.69. The number of anilines is 1.